The topological polar surface area (TPSA) is 133 Å². The van der Waals surface area contributed by atoms with Gasteiger partial charge in [0.1, 0.15) is 0 Å². The molecule has 2 aromatic rings. The van der Waals surface area contributed by atoms with Crippen molar-refractivity contribution in [3.63, 3.8) is 0 Å². The summed E-state index contributed by atoms with van der Waals surface area (Å²) in [4.78, 5) is 38.2. The zero-order chi connectivity index (χ0) is 21.8. The van der Waals surface area contributed by atoms with Gasteiger partial charge in [-0.05, 0) is 51.1 Å². The molecule has 1 aromatic heterocycles. The third-order valence-electron chi connectivity index (χ3n) is 4.03. The molecule has 10 heteroatoms. The monoisotopic (exact) mass is 438 g/mol. The minimum absolute atomic E-state index is 0.000783. The number of carbonyl (C=O) groups is 3. The first-order valence-electron chi connectivity index (χ1n) is 8.71. The van der Waals surface area contributed by atoms with Crippen LogP contribution in [0.1, 0.15) is 39.9 Å². The number of ether oxygens (including phenoxy) is 1. The Morgan fingerprint density at radius 2 is 1.76 bits per heavy atom. The number of ketones is 1. The average Bonchev–Trinajstić information content (AvgIpc) is 2.97. The Kier molecular flexibility index (Phi) is 7.28. The number of thiophene rings is 1. The van der Waals surface area contributed by atoms with E-state index in [1.165, 1.54) is 42.5 Å². The van der Waals surface area contributed by atoms with E-state index in [1.54, 1.807) is 6.07 Å². The van der Waals surface area contributed by atoms with E-state index in [9.17, 15) is 22.8 Å². The summed E-state index contributed by atoms with van der Waals surface area (Å²) in [6.45, 7) is 5.16. The molecular formula is C19H22N2O6S2. The van der Waals surface area contributed by atoms with Crippen molar-refractivity contribution in [2.45, 2.75) is 44.6 Å². The smallest absolute Gasteiger partial charge is 0.307 e. The number of Topliss-reactive ketones (excluding diaryl/α,β-unsaturated/α-hetero) is 1. The van der Waals surface area contributed by atoms with Gasteiger partial charge < -0.3 is 10.1 Å². The van der Waals surface area contributed by atoms with Gasteiger partial charge in [0.05, 0.1) is 11.3 Å². The second kappa shape index (κ2) is 9.29. The summed E-state index contributed by atoms with van der Waals surface area (Å²) >= 11 is 1.52. The van der Waals surface area contributed by atoms with Crippen LogP contribution in [0.25, 0.3) is 0 Å². The third kappa shape index (κ3) is 6.48. The number of sulfonamides is 1. The molecule has 0 aliphatic heterocycles. The van der Waals surface area contributed by atoms with E-state index in [0.29, 0.717) is 11.3 Å². The highest BCUT2D eigenvalue weighted by Crippen LogP contribution is 2.22. The number of nitrogens with one attached hydrogen (secondary N) is 1. The molecule has 0 fully saturated rings. The van der Waals surface area contributed by atoms with Crippen LogP contribution in [0.5, 0.6) is 0 Å². The highest BCUT2D eigenvalue weighted by atomic mass is 32.2. The molecule has 2 rings (SSSR count). The van der Waals surface area contributed by atoms with Gasteiger partial charge >= 0.3 is 5.97 Å². The molecule has 156 valence electrons. The lowest BCUT2D eigenvalue weighted by Gasteiger charge is -2.13. The van der Waals surface area contributed by atoms with E-state index in [2.05, 4.69) is 5.32 Å². The van der Waals surface area contributed by atoms with Crippen LogP contribution in [0.3, 0.4) is 0 Å². The SMILES string of the molecule is Cc1cc(C(=O)CCC(=O)O[C@@H](C)C(=O)Nc2ccc(S(N)(=O)=O)cc2)c(C)s1. The van der Waals surface area contributed by atoms with Crippen LogP contribution in [0, 0.1) is 13.8 Å². The second-order valence-corrected chi connectivity index (χ2v) is 9.46. The number of anilines is 1. The van der Waals surface area contributed by atoms with E-state index in [-0.39, 0.29) is 23.5 Å². The lowest BCUT2D eigenvalue weighted by Crippen LogP contribution is -2.30. The molecular weight excluding hydrogens is 416 g/mol. The van der Waals surface area contributed by atoms with Crippen LogP contribution < -0.4 is 10.5 Å². The molecule has 3 N–H and O–H groups in total. The van der Waals surface area contributed by atoms with Gasteiger partial charge in [0.2, 0.25) is 10.0 Å². The zero-order valence-electron chi connectivity index (χ0n) is 16.2. The Balaban J connectivity index is 1.84. The molecule has 0 aliphatic rings. The van der Waals surface area contributed by atoms with E-state index < -0.39 is 28.0 Å². The molecule has 1 amide bonds. The highest BCUT2D eigenvalue weighted by Gasteiger charge is 2.20. The van der Waals surface area contributed by atoms with Gasteiger partial charge in [-0.2, -0.15) is 0 Å². The first-order valence-corrected chi connectivity index (χ1v) is 11.1. The Morgan fingerprint density at radius 1 is 1.14 bits per heavy atom. The first-order chi connectivity index (χ1) is 13.5. The van der Waals surface area contributed by atoms with Gasteiger partial charge in [0.15, 0.2) is 11.9 Å². The molecule has 0 unspecified atom stereocenters. The van der Waals surface area contributed by atoms with Crippen molar-refractivity contribution in [1.29, 1.82) is 0 Å². The van der Waals surface area contributed by atoms with Gasteiger partial charge in [-0.15, -0.1) is 11.3 Å². The van der Waals surface area contributed by atoms with Crippen LogP contribution >= 0.6 is 11.3 Å². The number of hydrogen-bond donors (Lipinski definition) is 2. The average molecular weight is 439 g/mol. The summed E-state index contributed by atoms with van der Waals surface area (Å²) in [5.41, 5.74) is 0.929. The van der Waals surface area contributed by atoms with Crippen LogP contribution in [0.2, 0.25) is 0 Å². The summed E-state index contributed by atoms with van der Waals surface area (Å²) in [5.74, 6) is -1.39. The van der Waals surface area contributed by atoms with Crippen molar-refractivity contribution in [2.75, 3.05) is 5.32 Å². The maximum atomic E-state index is 12.2. The van der Waals surface area contributed by atoms with Crippen LogP contribution in [-0.4, -0.2) is 32.2 Å². The van der Waals surface area contributed by atoms with Crippen LogP contribution in [-0.2, 0) is 24.3 Å². The Labute approximate surface area is 173 Å². The van der Waals surface area contributed by atoms with E-state index in [4.69, 9.17) is 9.88 Å². The van der Waals surface area contributed by atoms with Crippen molar-refractivity contribution >= 4 is 44.7 Å². The highest BCUT2D eigenvalue weighted by molar-refractivity contribution is 7.89. The van der Waals surface area contributed by atoms with Gasteiger partial charge in [0.25, 0.3) is 5.91 Å². The van der Waals surface area contributed by atoms with Gasteiger partial charge in [-0.25, -0.2) is 13.6 Å². The molecule has 0 saturated carbocycles. The lowest BCUT2D eigenvalue weighted by atomic mass is 10.1. The van der Waals surface area contributed by atoms with Crippen LogP contribution in [0.4, 0.5) is 5.69 Å². The maximum Gasteiger partial charge on any atom is 0.307 e. The van der Waals surface area contributed by atoms with Crippen molar-refractivity contribution in [2.24, 2.45) is 5.14 Å². The Hall–Kier alpha value is -2.56. The molecule has 0 spiro atoms. The third-order valence-corrected chi connectivity index (χ3v) is 5.92. The Morgan fingerprint density at radius 3 is 2.28 bits per heavy atom. The largest absolute Gasteiger partial charge is 0.453 e. The fourth-order valence-corrected chi connectivity index (χ4v) is 4.00. The van der Waals surface area contributed by atoms with E-state index in [1.807, 2.05) is 13.8 Å². The quantitative estimate of drug-likeness (QED) is 0.481. The van der Waals surface area contributed by atoms with Crippen molar-refractivity contribution < 1.29 is 27.5 Å². The number of amides is 1. The van der Waals surface area contributed by atoms with Gasteiger partial charge in [-0.1, -0.05) is 0 Å². The maximum absolute atomic E-state index is 12.2. The number of nitrogens with two attached hydrogens (primary N) is 1. The molecule has 1 heterocycles. The summed E-state index contributed by atoms with van der Waals surface area (Å²) in [7, 11) is -3.82. The van der Waals surface area contributed by atoms with Gasteiger partial charge in [0, 0.05) is 27.4 Å². The number of hydrogen-bond acceptors (Lipinski definition) is 7. The van der Waals surface area contributed by atoms with Crippen LogP contribution in [0.15, 0.2) is 35.2 Å². The summed E-state index contributed by atoms with van der Waals surface area (Å²) in [6.07, 6.45) is -1.21. The molecule has 0 bridgehead atoms. The summed E-state index contributed by atoms with van der Waals surface area (Å²) in [5, 5.41) is 7.52. The Bertz CT molecular complexity index is 1030. The molecule has 8 nitrogen and oxygen atoms in total. The second-order valence-electron chi connectivity index (χ2n) is 6.44. The molecule has 0 saturated heterocycles. The molecule has 0 aliphatic carbocycles. The number of aryl methyl sites for hydroxylation is 2. The minimum Gasteiger partial charge on any atom is -0.453 e. The van der Waals surface area contributed by atoms with Crippen molar-refractivity contribution in [1.82, 2.24) is 0 Å². The first kappa shape index (κ1) is 22.7. The number of esters is 1. The molecule has 0 radical (unpaired) electrons. The summed E-state index contributed by atoms with van der Waals surface area (Å²) < 4.78 is 27.5. The van der Waals surface area contributed by atoms with E-state index in [0.717, 1.165) is 9.75 Å². The predicted molar refractivity (Wildman–Crippen MR) is 109 cm³/mol. The summed E-state index contributed by atoms with van der Waals surface area (Å²) in [6, 6.07) is 7.04. The number of carbonyl (C=O) groups excluding carboxylic acids is 3. The van der Waals surface area contributed by atoms with E-state index >= 15 is 0 Å². The standard InChI is InChI=1S/C19H22N2O6S2/c1-11-10-16(13(3)28-11)17(22)8-9-18(23)27-12(2)19(24)21-14-4-6-15(7-5-14)29(20,25)26/h4-7,10,12H,8-9H2,1-3H3,(H,21,24)(H2,20,25,26)/t12-/m0/s1. The molecule has 1 atom stereocenters. The predicted octanol–water partition coefficient (Wildman–Crippen LogP) is 2.55. The number of primary sulfonamides is 1. The fourth-order valence-electron chi connectivity index (χ4n) is 2.54. The number of rotatable bonds is 8. The molecule has 29 heavy (non-hydrogen) atoms. The normalized spacial score (nSPS) is 12.3. The molecule has 1 aromatic carbocycles. The fraction of sp³-hybridized carbons (Fsp3) is 0.316. The van der Waals surface area contributed by atoms with Gasteiger partial charge in [-0.3, -0.25) is 14.4 Å². The lowest BCUT2D eigenvalue weighted by molar-refractivity contribution is -0.153. The minimum atomic E-state index is -3.82. The van der Waals surface area contributed by atoms with Crippen molar-refractivity contribution in [3.8, 4) is 0 Å². The van der Waals surface area contributed by atoms with Crippen molar-refractivity contribution in [3.05, 3.63) is 45.6 Å². The zero-order valence-corrected chi connectivity index (χ0v) is 17.9. The number of benzene rings is 1.